The molecular formula is C10H8F3N3O2S2. The largest absolute Gasteiger partial charge is 0.481 e. The Morgan fingerprint density at radius 3 is 2.75 bits per heavy atom. The SMILES string of the molecule is O=C(O)CSc1nnc(-c2cccs2)n1CC(F)(F)F. The van der Waals surface area contributed by atoms with E-state index >= 15 is 0 Å². The monoisotopic (exact) mass is 323 g/mol. The van der Waals surface area contributed by atoms with Gasteiger partial charge in [-0.3, -0.25) is 9.36 Å². The van der Waals surface area contributed by atoms with Crippen LogP contribution in [-0.4, -0.2) is 37.8 Å². The standard InChI is InChI=1S/C10H8F3N3O2S2/c11-10(12,13)5-16-8(6-2-1-3-19-6)14-15-9(16)20-4-7(17)18/h1-3H,4-5H2,(H,17,18). The number of halogens is 3. The third-order valence-corrected chi connectivity index (χ3v) is 3.94. The van der Waals surface area contributed by atoms with Crippen molar-refractivity contribution in [1.82, 2.24) is 14.8 Å². The van der Waals surface area contributed by atoms with E-state index in [9.17, 15) is 18.0 Å². The molecule has 0 aliphatic carbocycles. The zero-order valence-electron chi connectivity index (χ0n) is 9.79. The van der Waals surface area contributed by atoms with E-state index in [1.807, 2.05) is 0 Å². The molecule has 0 radical (unpaired) electrons. The summed E-state index contributed by atoms with van der Waals surface area (Å²) in [6.45, 7) is -1.25. The number of alkyl halides is 3. The van der Waals surface area contributed by atoms with Crippen LogP contribution in [0.4, 0.5) is 13.2 Å². The van der Waals surface area contributed by atoms with Crippen LogP contribution in [0.2, 0.25) is 0 Å². The molecule has 0 fully saturated rings. The Balaban J connectivity index is 2.35. The molecule has 2 heterocycles. The molecule has 0 spiro atoms. The zero-order chi connectivity index (χ0) is 14.8. The number of thiophene rings is 1. The molecule has 2 rings (SSSR count). The first-order chi connectivity index (χ1) is 9.37. The Kier molecular flexibility index (Phi) is 4.33. The number of aromatic nitrogens is 3. The fourth-order valence-electron chi connectivity index (χ4n) is 1.43. The summed E-state index contributed by atoms with van der Waals surface area (Å²) in [7, 11) is 0. The molecule has 0 amide bonds. The minimum Gasteiger partial charge on any atom is -0.481 e. The molecule has 108 valence electrons. The van der Waals surface area contributed by atoms with Crippen molar-refractivity contribution in [2.45, 2.75) is 17.9 Å². The van der Waals surface area contributed by atoms with Crippen LogP contribution < -0.4 is 0 Å². The summed E-state index contributed by atoms with van der Waals surface area (Å²) in [5.74, 6) is -1.42. The van der Waals surface area contributed by atoms with Crippen LogP contribution in [0, 0.1) is 0 Å². The highest BCUT2D eigenvalue weighted by atomic mass is 32.2. The van der Waals surface area contributed by atoms with Crippen LogP contribution in [0.25, 0.3) is 10.7 Å². The summed E-state index contributed by atoms with van der Waals surface area (Å²) in [5, 5.41) is 17.6. The molecule has 1 N–H and O–H groups in total. The molecular weight excluding hydrogens is 315 g/mol. The number of carboxylic acids is 1. The van der Waals surface area contributed by atoms with E-state index in [1.54, 1.807) is 17.5 Å². The van der Waals surface area contributed by atoms with Gasteiger partial charge in [-0.1, -0.05) is 17.8 Å². The number of thioether (sulfide) groups is 1. The fourth-order valence-corrected chi connectivity index (χ4v) is 2.81. The Hall–Kier alpha value is -1.55. The molecule has 2 aromatic rings. The Morgan fingerprint density at radius 2 is 2.20 bits per heavy atom. The number of hydrogen-bond acceptors (Lipinski definition) is 5. The van der Waals surface area contributed by atoms with Gasteiger partial charge in [-0.15, -0.1) is 21.5 Å². The van der Waals surface area contributed by atoms with Crippen LogP contribution in [0.3, 0.4) is 0 Å². The number of hydrogen-bond donors (Lipinski definition) is 1. The van der Waals surface area contributed by atoms with Crippen LogP contribution in [0.1, 0.15) is 0 Å². The number of carboxylic acid groups (broad SMARTS) is 1. The molecule has 0 saturated heterocycles. The molecule has 0 unspecified atom stereocenters. The first-order valence-corrected chi connectivity index (χ1v) is 7.12. The lowest BCUT2D eigenvalue weighted by Crippen LogP contribution is -2.19. The van der Waals surface area contributed by atoms with E-state index in [1.165, 1.54) is 11.3 Å². The Morgan fingerprint density at radius 1 is 1.45 bits per heavy atom. The summed E-state index contributed by atoms with van der Waals surface area (Å²) in [5.41, 5.74) is 0. The lowest BCUT2D eigenvalue weighted by Gasteiger charge is -2.11. The van der Waals surface area contributed by atoms with Gasteiger partial charge in [0.1, 0.15) is 6.54 Å². The third-order valence-electron chi connectivity index (χ3n) is 2.12. The molecule has 0 aromatic carbocycles. The van der Waals surface area contributed by atoms with Gasteiger partial charge in [-0.05, 0) is 11.4 Å². The maximum Gasteiger partial charge on any atom is 0.406 e. The quantitative estimate of drug-likeness (QED) is 0.857. The molecule has 20 heavy (non-hydrogen) atoms. The van der Waals surface area contributed by atoms with Gasteiger partial charge in [0.25, 0.3) is 0 Å². The second-order valence-electron chi connectivity index (χ2n) is 3.67. The van der Waals surface area contributed by atoms with Crippen molar-refractivity contribution in [3.05, 3.63) is 17.5 Å². The van der Waals surface area contributed by atoms with Gasteiger partial charge in [0.15, 0.2) is 11.0 Å². The van der Waals surface area contributed by atoms with Crippen LogP contribution in [0.15, 0.2) is 22.7 Å². The number of nitrogens with zero attached hydrogens (tertiary/aromatic N) is 3. The Bertz CT molecular complexity index is 595. The Labute approximate surface area is 119 Å². The molecule has 0 aliphatic rings. The van der Waals surface area contributed by atoms with Crippen molar-refractivity contribution in [2.75, 3.05) is 5.75 Å². The molecule has 0 atom stereocenters. The molecule has 0 saturated carbocycles. The highest BCUT2D eigenvalue weighted by Gasteiger charge is 2.31. The smallest absolute Gasteiger partial charge is 0.406 e. The minimum atomic E-state index is -4.44. The van der Waals surface area contributed by atoms with E-state index in [2.05, 4.69) is 10.2 Å². The van der Waals surface area contributed by atoms with Crippen LogP contribution in [-0.2, 0) is 11.3 Å². The minimum absolute atomic E-state index is 0.0619. The first kappa shape index (κ1) is 14.9. The van der Waals surface area contributed by atoms with Gasteiger partial charge in [0, 0.05) is 0 Å². The lowest BCUT2D eigenvalue weighted by molar-refractivity contribution is -0.141. The van der Waals surface area contributed by atoms with E-state index in [0.29, 0.717) is 16.6 Å². The van der Waals surface area contributed by atoms with Crippen molar-refractivity contribution < 1.29 is 23.1 Å². The van der Waals surface area contributed by atoms with Crippen molar-refractivity contribution in [1.29, 1.82) is 0 Å². The second-order valence-corrected chi connectivity index (χ2v) is 5.56. The third kappa shape index (κ3) is 3.73. The average Bonchev–Trinajstić information content (AvgIpc) is 2.93. The van der Waals surface area contributed by atoms with Crippen molar-refractivity contribution >= 4 is 29.1 Å². The van der Waals surface area contributed by atoms with Gasteiger partial charge in [0.2, 0.25) is 0 Å². The van der Waals surface area contributed by atoms with Gasteiger partial charge in [-0.25, -0.2) is 0 Å². The molecule has 10 heteroatoms. The number of aliphatic carboxylic acids is 1. The maximum atomic E-state index is 12.6. The van der Waals surface area contributed by atoms with Crippen molar-refractivity contribution in [3.63, 3.8) is 0 Å². The highest BCUT2D eigenvalue weighted by molar-refractivity contribution is 7.99. The summed E-state index contributed by atoms with van der Waals surface area (Å²) in [6.07, 6.45) is -4.44. The van der Waals surface area contributed by atoms with E-state index in [-0.39, 0.29) is 16.7 Å². The number of rotatable bonds is 5. The van der Waals surface area contributed by atoms with E-state index in [0.717, 1.165) is 4.57 Å². The second kappa shape index (κ2) is 5.83. The van der Waals surface area contributed by atoms with Gasteiger partial charge >= 0.3 is 12.1 Å². The molecule has 2 aromatic heterocycles. The normalized spacial score (nSPS) is 11.8. The van der Waals surface area contributed by atoms with Crippen molar-refractivity contribution in [3.8, 4) is 10.7 Å². The highest BCUT2D eigenvalue weighted by Crippen LogP contribution is 2.30. The predicted molar refractivity (Wildman–Crippen MR) is 67.7 cm³/mol. The summed E-state index contributed by atoms with van der Waals surface area (Å²) in [4.78, 5) is 11.1. The van der Waals surface area contributed by atoms with Gasteiger partial charge < -0.3 is 5.11 Å². The van der Waals surface area contributed by atoms with E-state index in [4.69, 9.17) is 5.11 Å². The number of carbonyl (C=O) groups is 1. The maximum absolute atomic E-state index is 12.6. The summed E-state index contributed by atoms with van der Waals surface area (Å²) >= 11 is 1.95. The van der Waals surface area contributed by atoms with Crippen LogP contribution >= 0.6 is 23.1 Å². The van der Waals surface area contributed by atoms with Gasteiger partial charge in [-0.2, -0.15) is 13.2 Å². The fraction of sp³-hybridized carbons (Fsp3) is 0.300. The van der Waals surface area contributed by atoms with Crippen molar-refractivity contribution in [2.24, 2.45) is 0 Å². The molecule has 0 bridgehead atoms. The van der Waals surface area contributed by atoms with Crippen LogP contribution in [0.5, 0.6) is 0 Å². The average molecular weight is 323 g/mol. The van der Waals surface area contributed by atoms with Gasteiger partial charge in [0.05, 0.1) is 10.6 Å². The molecule has 5 nitrogen and oxygen atoms in total. The topological polar surface area (TPSA) is 68.0 Å². The summed E-state index contributed by atoms with van der Waals surface area (Å²) in [6, 6.07) is 3.32. The van der Waals surface area contributed by atoms with E-state index < -0.39 is 18.7 Å². The first-order valence-electron chi connectivity index (χ1n) is 5.25. The molecule has 0 aliphatic heterocycles. The summed E-state index contributed by atoms with van der Waals surface area (Å²) < 4.78 is 38.8. The zero-order valence-corrected chi connectivity index (χ0v) is 11.4. The lowest BCUT2D eigenvalue weighted by atomic mass is 10.4. The predicted octanol–water partition coefficient (Wildman–Crippen LogP) is 2.75.